The van der Waals surface area contributed by atoms with Gasteiger partial charge in [-0.3, -0.25) is 25.2 Å². The number of carbonyl (C=O) groups excluding carboxylic acids is 1. The normalized spacial score (nSPS) is 10.2. The Morgan fingerprint density at radius 1 is 1.29 bits per heavy atom. The van der Waals surface area contributed by atoms with Crippen LogP contribution >= 0.6 is 24.0 Å². The number of guanidine groups is 1. The van der Waals surface area contributed by atoms with Crippen LogP contribution in [0.1, 0.15) is 10.5 Å². The first-order valence-electron chi connectivity index (χ1n) is 7.64. The number of aromatic amines is 1. The average molecular weight is 424 g/mol. The predicted octanol–water partition coefficient (Wildman–Crippen LogP) is 3.91. The quantitative estimate of drug-likeness (QED) is 0.252. The second kappa shape index (κ2) is 8.15. The van der Waals surface area contributed by atoms with Gasteiger partial charge in [-0.1, -0.05) is 23.7 Å². The van der Waals surface area contributed by atoms with Gasteiger partial charge in [0.25, 0.3) is 5.91 Å². The molecule has 0 fully saturated rings. The van der Waals surface area contributed by atoms with Crippen LogP contribution in [0.5, 0.6) is 11.5 Å². The van der Waals surface area contributed by atoms with Crippen LogP contribution in [0, 0.1) is 15.5 Å². The summed E-state index contributed by atoms with van der Waals surface area (Å²) in [5, 5.41) is 19.4. The first-order valence-corrected chi connectivity index (χ1v) is 8.02. The van der Waals surface area contributed by atoms with Crippen LogP contribution in [0.4, 0.5) is 5.69 Å². The van der Waals surface area contributed by atoms with Gasteiger partial charge in [-0.25, -0.2) is 0 Å². The zero-order chi connectivity index (χ0) is 19.7. The number of nitro groups is 1. The van der Waals surface area contributed by atoms with Gasteiger partial charge in [-0.2, -0.15) is 0 Å². The summed E-state index contributed by atoms with van der Waals surface area (Å²) in [6.45, 7) is 0. The van der Waals surface area contributed by atoms with E-state index in [0.717, 1.165) is 4.90 Å². The van der Waals surface area contributed by atoms with E-state index in [-0.39, 0.29) is 35.3 Å². The van der Waals surface area contributed by atoms with Crippen molar-refractivity contribution in [3.05, 3.63) is 63.3 Å². The number of halogens is 2. The number of hydrogen-bond donors (Lipinski definition) is 3. The maximum Gasteiger partial charge on any atom is 0.311 e. The number of amides is 1. The topological polar surface area (TPSA) is 138 Å². The fourth-order valence-electron chi connectivity index (χ4n) is 2.46. The van der Waals surface area contributed by atoms with Crippen molar-refractivity contribution in [2.75, 3.05) is 7.05 Å². The van der Waals surface area contributed by atoms with Crippen molar-refractivity contribution in [3.63, 3.8) is 0 Å². The number of benzene rings is 2. The van der Waals surface area contributed by atoms with Gasteiger partial charge in [0, 0.05) is 18.5 Å². The molecule has 0 aliphatic carbocycles. The molecule has 0 atom stereocenters. The minimum absolute atomic E-state index is 0. The number of rotatable bonds is 4. The molecule has 146 valence electrons. The lowest BCUT2D eigenvalue weighted by Crippen LogP contribution is -2.38. The fourth-order valence-corrected chi connectivity index (χ4v) is 2.67. The lowest BCUT2D eigenvalue weighted by Gasteiger charge is -2.12. The minimum atomic E-state index is -0.548. The molecular weight excluding hydrogens is 409 g/mol. The molecule has 0 bridgehead atoms. The van der Waals surface area contributed by atoms with Gasteiger partial charge in [-0.15, -0.1) is 12.4 Å². The highest BCUT2D eigenvalue weighted by Crippen LogP contribution is 2.37. The number of nitro benzene ring substituents is 1. The number of ether oxygens (including phenoxy) is 1. The van der Waals surface area contributed by atoms with E-state index in [1.807, 2.05) is 0 Å². The van der Waals surface area contributed by atoms with E-state index in [4.69, 9.17) is 27.5 Å². The van der Waals surface area contributed by atoms with Crippen LogP contribution in [0.2, 0.25) is 5.02 Å². The summed E-state index contributed by atoms with van der Waals surface area (Å²) in [6, 6.07) is 10.6. The number of H-pyrrole nitrogens is 1. The third kappa shape index (κ3) is 3.85. The largest absolute Gasteiger partial charge is 0.448 e. The third-order valence-corrected chi connectivity index (χ3v) is 4.21. The smallest absolute Gasteiger partial charge is 0.311 e. The van der Waals surface area contributed by atoms with Gasteiger partial charge in [0.15, 0.2) is 11.7 Å². The lowest BCUT2D eigenvalue weighted by atomic mass is 10.2. The molecule has 0 spiro atoms. The first-order chi connectivity index (χ1) is 12.8. The summed E-state index contributed by atoms with van der Waals surface area (Å²) in [4.78, 5) is 26.9. The number of nitrogens with two attached hydrogens (primary N) is 1. The van der Waals surface area contributed by atoms with Gasteiger partial charge in [0.05, 0.1) is 15.5 Å². The van der Waals surface area contributed by atoms with Crippen molar-refractivity contribution in [2.45, 2.75) is 0 Å². The van der Waals surface area contributed by atoms with Crippen LogP contribution in [-0.4, -0.2) is 33.7 Å². The summed E-state index contributed by atoms with van der Waals surface area (Å²) in [6.07, 6.45) is 0. The zero-order valence-corrected chi connectivity index (χ0v) is 16.0. The van der Waals surface area contributed by atoms with Crippen LogP contribution in [0.3, 0.4) is 0 Å². The Labute approximate surface area is 170 Å². The molecule has 0 aliphatic heterocycles. The third-order valence-electron chi connectivity index (χ3n) is 3.88. The Morgan fingerprint density at radius 2 is 1.96 bits per heavy atom. The van der Waals surface area contributed by atoms with E-state index < -0.39 is 16.8 Å². The molecule has 1 heterocycles. The highest BCUT2D eigenvalue weighted by atomic mass is 35.5. The number of para-hydroxylation sites is 2. The number of aromatic nitrogens is 1. The minimum Gasteiger partial charge on any atom is -0.448 e. The van der Waals surface area contributed by atoms with Crippen LogP contribution in [-0.2, 0) is 0 Å². The zero-order valence-electron chi connectivity index (χ0n) is 14.4. The van der Waals surface area contributed by atoms with Crippen LogP contribution in [0.15, 0.2) is 42.5 Å². The van der Waals surface area contributed by atoms with Crippen molar-refractivity contribution in [1.82, 2.24) is 9.88 Å². The number of nitrogens with one attached hydrogen (secondary N) is 2. The second-order valence-electron chi connectivity index (χ2n) is 5.59. The summed E-state index contributed by atoms with van der Waals surface area (Å²) in [5.74, 6) is -0.643. The van der Waals surface area contributed by atoms with E-state index in [2.05, 4.69) is 4.98 Å². The van der Waals surface area contributed by atoms with Crippen LogP contribution in [0.25, 0.3) is 10.9 Å². The molecule has 0 saturated carbocycles. The highest BCUT2D eigenvalue weighted by molar-refractivity contribution is 6.36. The van der Waals surface area contributed by atoms with Crippen LogP contribution < -0.4 is 10.5 Å². The molecular formula is C17H15Cl2N5O4. The molecule has 4 N–H and O–H groups in total. The summed E-state index contributed by atoms with van der Waals surface area (Å²) >= 11 is 6.20. The standard InChI is InChI=1S/C17H14ClN5O4.ClH/c1-22(17(19)20)16(24)11-8-9-10(18)6-7-14(15(9)21-11)27-13-5-3-2-4-12(13)23(25)26;/h2-8,21H,1H3,(H3,19,20);1H. The number of fused-ring (bicyclic) bond motifs is 1. The summed E-state index contributed by atoms with van der Waals surface area (Å²) < 4.78 is 5.72. The highest BCUT2D eigenvalue weighted by Gasteiger charge is 2.21. The maximum atomic E-state index is 12.4. The Hall–Kier alpha value is -3.30. The molecule has 0 aliphatic rings. The van der Waals surface area contributed by atoms with Crippen molar-refractivity contribution in [3.8, 4) is 11.5 Å². The van der Waals surface area contributed by atoms with Gasteiger partial charge in [0.1, 0.15) is 5.69 Å². The van der Waals surface area contributed by atoms with Crippen molar-refractivity contribution in [1.29, 1.82) is 5.41 Å². The van der Waals surface area contributed by atoms with E-state index in [1.165, 1.54) is 31.3 Å². The van der Waals surface area contributed by atoms with E-state index in [1.54, 1.807) is 18.2 Å². The molecule has 3 rings (SSSR count). The predicted molar refractivity (Wildman–Crippen MR) is 108 cm³/mol. The Balaban J connectivity index is 0.00000280. The van der Waals surface area contributed by atoms with E-state index >= 15 is 0 Å². The van der Waals surface area contributed by atoms with E-state index in [0.29, 0.717) is 15.9 Å². The van der Waals surface area contributed by atoms with Crippen molar-refractivity contribution in [2.24, 2.45) is 5.73 Å². The van der Waals surface area contributed by atoms with Gasteiger partial charge in [-0.05, 0) is 24.3 Å². The van der Waals surface area contributed by atoms with Gasteiger partial charge < -0.3 is 15.5 Å². The van der Waals surface area contributed by atoms with Crippen molar-refractivity contribution < 1.29 is 14.5 Å². The molecule has 9 nitrogen and oxygen atoms in total. The average Bonchev–Trinajstić information content (AvgIpc) is 3.09. The van der Waals surface area contributed by atoms with Gasteiger partial charge in [0.2, 0.25) is 5.75 Å². The van der Waals surface area contributed by atoms with Crippen molar-refractivity contribution >= 4 is 52.5 Å². The molecule has 1 amide bonds. The first kappa shape index (κ1) is 21.0. The van der Waals surface area contributed by atoms with E-state index in [9.17, 15) is 14.9 Å². The fraction of sp³-hybridized carbons (Fsp3) is 0.0588. The van der Waals surface area contributed by atoms with Gasteiger partial charge >= 0.3 is 5.69 Å². The number of nitrogens with zero attached hydrogens (tertiary/aromatic N) is 2. The lowest BCUT2D eigenvalue weighted by molar-refractivity contribution is -0.385. The Bertz CT molecular complexity index is 1080. The molecule has 0 radical (unpaired) electrons. The molecule has 11 heteroatoms. The molecule has 28 heavy (non-hydrogen) atoms. The molecule has 0 saturated heterocycles. The second-order valence-corrected chi connectivity index (χ2v) is 6.00. The molecule has 1 aromatic heterocycles. The maximum absolute atomic E-state index is 12.4. The number of carbonyl (C=O) groups is 1. The Kier molecular flexibility index (Phi) is 6.12. The number of hydrogen-bond acceptors (Lipinski definition) is 5. The Morgan fingerprint density at radius 3 is 2.61 bits per heavy atom. The monoisotopic (exact) mass is 423 g/mol. The molecule has 2 aromatic carbocycles. The molecule has 0 unspecified atom stereocenters. The summed E-state index contributed by atoms with van der Waals surface area (Å²) in [5.41, 5.74) is 5.67. The SMILES string of the molecule is CN(C(=N)N)C(=O)c1cc2c(Cl)ccc(Oc3ccccc3[N+](=O)[O-])c2[nH]1.Cl. The molecule has 3 aromatic rings. The summed E-state index contributed by atoms with van der Waals surface area (Å²) in [7, 11) is 1.36.